The summed E-state index contributed by atoms with van der Waals surface area (Å²) in [5.41, 5.74) is 14.1. The molecular formula is C23H26N6O4S. The molecule has 2 aliphatic rings. The Morgan fingerprint density at radius 3 is 2.68 bits per heavy atom. The maximum atomic E-state index is 11.9. The summed E-state index contributed by atoms with van der Waals surface area (Å²) in [6.45, 7) is 0.663. The van der Waals surface area contributed by atoms with Gasteiger partial charge < -0.3 is 26.6 Å². The zero-order valence-corrected chi connectivity index (χ0v) is 19.4. The number of sulfone groups is 1. The van der Waals surface area contributed by atoms with E-state index < -0.39 is 22.0 Å². The van der Waals surface area contributed by atoms with Crippen molar-refractivity contribution in [3.8, 4) is 0 Å². The average Bonchev–Trinajstić information content (AvgIpc) is 3.33. The summed E-state index contributed by atoms with van der Waals surface area (Å²) in [5.74, 6) is 0.874. The third-order valence-corrected chi connectivity index (χ3v) is 7.82. The highest BCUT2D eigenvalue weighted by Crippen LogP contribution is 2.38. The fourth-order valence-corrected chi connectivity index (χ4v) is 5.69. The molecule has 0 saturated heterocycles. The molecule has 34 heavy (non-hydrogen) atoms. The van der Waals surface area contributed by atoms with Crippen LogP contribution in [0.25, 0.3) is 17.0 Å². The zero-order valence-electron chi connectivity index (χ0n) is 18.5. The Hall–Kier alpha value is -3.28. The molecule has 3 heterocycles. The molecule has 0 amide bonds. The van der Waals surface area contributed by atoms with Crippen LogP contribution in [0.1, 0.15) is 17.5 Å². The van der Waals surface area contributed by atoms with E-state index in [2.05, 4.69) is 15.0 Å². The Morgan fingerprint density at radius 2 is 1.91 bits per heavy atom. The number of anilines is 3. The van der Waals surface area contributed by atoms with Crippen LogP contribution in [-0.2, 0) is 16.3 Å². The summed E-state index contributed by atoms with van der Waals surface area (Å²) in [7, 11) is -3.47. The molecule has 5 rings (SSSR count). The second kappa shape index (κ2) is 8.19. The Labute approximate surface area is 196 Å². The van der Waals surface area contributed by atoms with E-state index in [0.29, 0.717) is 36.1 Å². The lowest BCUT2D eigenvalue weighted by Gasteiger charge is -2.28. The lowest BCUT2D eigenvalue weighted by atomic mass is 10.0. The summed E-state index contributed by atoms with van der Waals surface area (Å²) in [5, 5.41) is 22.1. The molecule has 6 N–H and O–H groups in total. The molecule has 4 unspecified atom stereocenters. The maximum absolute atomic E-state index is 11.9. The summed E-state index contributed by atoms with van der Waals surface area (Å²) in [6, 6.07) is 6.66. The Balaban J connectivity index is 1.37. The van der Waals surface area contributed by atoms with Gasteiger partial charge in [0.25, 0.3) is 0 Å². The van der Waals surface area contributed by atoms with E-state index in [4.69, 9.17) is 11.5 Å². The van der Waals surface area contributed by atoms with E-state index in [0.717, 1.165) is 23.2 Å². The number of benzene rings is 1. The third kappa shape index (κ3) is 3.85. The topological polar surface area (TPSA) is 169 Å². The van der Waals surface area contributed by atoms with Gasteiger partial charge in [-0.05, 0) is 30.5 Å². The largest absolute Gasteiger partial charge is 0.390 e. The van der Waals surface area contributed by atoms with Gasteiger partial charge in [0.1, 0.15) is 34.8 Å². The van der Waals surface area contributed by atoms with Crippen molar-refractivity contribution in [3.05, 3.63) is 47.8 Å². The second-order valence-electron chi connectivity index (χ2n) is 8.91. The van der Waals surface area contributed by atoms with Gasteiger partial charge in [-0.15, -0.1) is 0 Å². The number of hydrogen-bond donors (Lipinski definition) is 4. The van der Waals surface area contributed by atoms with E-state index in [1.807, 2.05) is 23.1 Å². The van der Waals surface area contributed by atoms with Crippen molar-refractivity contribution in [1.82, 2.24) is 15.0 Å². The van der Waals surface area contributed by atoms with Gasteiger partial charge in [0, 0.05) is 29.7 Å². The molecule has 1 saturated carbocycles. The number of pyridine rings is 1. The number of fused-ring (bicyclic) bond motifs is 2. The number of nitrogens with zero attached hydrogens (tertiary/aromatic N) is 4. The molecular weight excluding hydrogens is 456 g/mol. The van der Waals surface area contributed by atoms with Gasteiger partial charge in [-0.1, -0.05) is 24.3 Å². The van der Waals surface area contributed by atoms with Crippen LogP contribution in [-0.4, -0.2) is 64.6 Å². The molecule has 1 aromatic carbocycles. The van der Waals surface area contributed by atoms with Crippen LogP contribution in [0.5, 0.6) is 0 Å². The van der Waals surface area contributed by atoms with Crippen molar-refractivity contribution in [3.63, 3.8) is 0 Å². The first-order chi connectivity index (χ1) is 16.1. The predicted molar refractivity (Wildman–Crippen MR) is 130 cm³/mol. The normalized spacial score (nSPS) is 24.9. The Kier molecular flexibility index (Phi) is 5.42. The highest BCUT2D eigenvalue weighted by molar-refractivity contribution is 7.90. The number of rotatable bonds is 4. The summed E-state index contributed by atoms with van der Waals surface area (Å²) in [4.78, 5) is 14.7. The lowest BCUT2D eigenvalue weighted by molar-refractivity contribution is 0.0229. The van der Waals surface area contributed by atoms with Crippen molar-refractivity contribution in [2.75, 3.05) is 29.2 Å². The van der Waals surface area contributed by atoms with Crippen LogP contribution in [0, 0.1) is 5.92 Å². The molecule has 0 bridgehead atoms. The summed E-state index contributed by atoms with van der Waals surface area (Å²) >= 11 is 0. The zero-order chi connectivity index (χ0) is 24.2. The van der Waals surface area contributed by atoms with Gasteiger partial charge >= 0.3 is 0 Å². The number of aliphatic hydroxyl groups is 2. The highest BCUT2D eigenvalue weighted by Gasteiger charge is 2.45. The Bertz CT molecular complexity index is 1410. The smallest absolute Gasteiger partial charge is 0.179 e. The average molecular weight is 483 g/mol. The first-order valence-corrected chi connectivity index (χ1v) is 12.8. The second-order valence-corrected chi connectivity index (χ2v) is 10.9. The minimum Gasteiger partial charge on any atom is -0.390 e. The van der Waals surface area contributed by atoms with Crippen LogP contribution < -0.4 is 16.4 Å². The molecule has 178 valence electrons. The summed E-state index contributed by atoms with van der Waals surface area (Å²) < 4.78 is 23.8. The lowest BCUT2D eigenvalue weighted by Crippen LogP contribution is -2.43. The molecule has 11 heteroatoms. The van der Waals surface area contributed by atoms with E-state index in [1.54, 1.807) is 12.1 Å². The summed E-state index contributed by atoms with van der Waals surface area (Å²) in [6.07, 6.45) is 5.67. The van der Waals surface area contributed by atoms with Gasteiger partial charge in [-0.2, -0.15) is 0 Å². The molecule has 1 aliphatic carbocycles. The van der Waals surface area contributed by atoms with Crippen LogP contribution in [0.3, 0.4) is 0 Å². The van der Waals surface area contributed by atoms with Gasteiger partial charge in [0.15, 0.2) is 9.84 Å². The van der Waals surface area contributed by atoms with Crippen molar-refractivity contribution in [2.24, 2.45) is 5.92 Å². The van der Waals surface area contributed by atoms with Crippen molar-refractivity contribution >= 4 is 44.3 Å². The first-order valence-electron chi connectivity index (χ1n) is 10.9. The SMILES string of the molecule is CS(=O)(=O)c1cc2ccc(/C=C/C3CC(N4CCc5c(N)ncnc54)C(O)C3O)cc2nc1N. The molecule has 4 atom stereocenters. The van der Waals surface area contributed by atoms with E-state index in [9.17, 15) is 18.6 Å². The van der Waals surface area contributed by atoms with Crippen LogP contribution >= 0.6 is 0 Å². The fraction of sp³-hybridized carbons (Fsp3) is 0.348. The maximum Gasteiger partial charge on any atom is 0.179 e. The highest BCUT2D eigenvalue weighted by atomic mass is 32.2. The standard InChI is InChI=1S/C23H26N6O4S/c1-34(32,33)18-10-13-4-2-12(8-16(13)28-22(18)25)3-5-14-9-17(20(31)19(14)30)29-7-6-15-21(24)26-11-27-23(15)29/h2-5,8,10-11,14,17,19-20,30-31H,6-7,9H2,1H3,(H2,25,28)(H2,24,26,27)/b5-3+. The number of nitrogens with two attached hydrogens (primary N) is 2. The number of hydrogen-bond acceptors (Lipinski definition) is 10. The molecule has 0 radical (unpaired) electrons. The third-order valence-electron chi connectivity index (χ3n) is 6.70. The minimum absolute atomic E-state index is 0.00733. The first kappa shape index (κ1) is 22.5. The minimum atomic E-state index is -3.47. The van der Waals surface area contributed by atoms with Gasteiger partial charge in [-0.3, -0.25) is 0 Å². The fourth-order valence-electron chi connectivity index (χ4n) is 4.92. The molecule has 0 spiro atoms. The number of nitrogen functional groups attached to an aromatic ring is 2. The number of aromatic nitrogens is 3. The molecule has 3 aromatic rings. The van der Waals surface area contributed by atoms with Crippen LogP contribution in [0.4, 0.5) is 17.5 Å². The van der Waals surface area contributed by atoms with Gasteiger partial charge in [0.05, 0.1) is 17.7 Å². The monoisotopic (exact) mass is 482 g/mol. The molecule has 1 aliphatic heterocycles. The number of aliphatic hydroxyl groups excluding tert-OH is 2. The molecule has 10 nitrogen and oxygen atoms in total. The van der Waals surface area contributed by atoms with E-state index in [1.165, 1.54) is 12.4 Å². The Morgan fingerprint density at radius 1 is 1.12 bits per heavy atom. The van der Waals surface area contributed by atoms with Crippen LogP contribution in [0.15, 0.2) is 41.6 Å². The quantitative estimate of drug-likeness (QED) is 0.417. The van der Waals surface area contributed by atoms with Gasteiger partial charge in [-0.25, -0.2) is 23.4 Å². The van der Waals surface area contributed by atoms with Crippen molar-refractivity contribution in [1.29, 1.82) is 0 Å². The van der Waals surface area contributed by atoms with Crippen molar-refractivity contribution < 1.29 is 18.6 Å². The molecule has 2 aromatic heterocycles. The van der Waals surface area contributed by atoms with E-state index in [-0.39, 0.29) is 22.7 Å². The van der Waals surface area contributed by atoms with E-state index >= 15 is 0 Å². The molecule has 1 fully saturated rings. The predicted octanol–water partition coefficient (Wildman–Crippen LogP) is 0.779. The van der Waals surface area contributed by atoms with Crippen molar-refractivity contribution in [2.45, 2.75) is 36.0 Å². The van der Waals surface area contributed by atoms with Gasteiger partial charge in [0.2, 0.25) is 0 Å². The van der Waals surface area contributed by atoms with Crippen LogP contribution in [0.2, 0.25) is 0 Å².